The van der Waals surface area contributed by atoms with Gasteiger partial charge in [-0.1, -0.05) is 0 Å². The van der Waals surface area contributed by atoms with Crippen LogP contribution >= 0.6 is 27.3 Å². The van der Waals surface area contributed by atoms with Crippen LogP contribution in [0.4, 0.5) is 8.78 Å². The lowest BCUT2D eigenvalue weighted by Crippen LogP contribution is -2.37. The second-order valence-electron chi connectivity index (χ2n) is 4.41. The molecule has 2 rings (SSSR count). The van der Waals surface area contributed by atoms with Crippen LogP contribution in [0, 0.1) is 0 Å². The van der Waals surface area contributed by atoms with Gasteiger partial charge in [-0.3, -0.25) is 14.2 Å². The van der Waals surface area contributed by atoms with Gasteiger partial charge in [0.15, 0.2) is 0 Å². The zero-order valence-corrected chi connectivity index (χ0v) is 14.2. The van der Waals surface area contributed by atoms with Crippen LogP contribution in [0.1, 0.15) is 22.0 Å². The maximum absolute atomic E-state index is 12.6. The largest absolute Gasteiger partial charge is 0.354 e. The molecule has 0 fully saturated rings. The van der Waals surface area contributed by atoms with E-state index in [0.717, 1.165) is 8.35 Å². The second kappa shape index (κ2) is 8.16. The molecule has 10 heteroatoms. The first-order valence-electron chi connectivity index (χ1n) is 6.57. The minimum atomic E-state index is -2.66. The maximum Gasteiger partial charge on any atom is 0.319 e. The lowest BCUT2D eigenvalue weighted by molar-refractivity contribution is -0.120. The minimum absolute atomic E-state index is 0.156. The Kier molecular flexibility index (Phi) is 6.22. The molecule has 23 heavy (non-hydrogen) atoms. The Morgan fingerprint density at radius 3 is 2.78 bits per heavy atom. The zero-order chi connectivity index (χ0) is 16.8. The highest BCUT2D eigenvalue weighted by atomic mass is 79.9. The lowest BCUT2D eigenvalue weighted by Gasteiger charge is -2.08. The van der Waals surface area contributed by atoms with Crippen LogP contribution in [-0.4, -0.2) is 34.5 Å². The van der Waals surface area contributed by atoms with Gasteiger partial charge in [0.05, 0.1) is 15.2 Å². The first kappa shape index (κ1) is 17.5. The fourth-order valence-electron chi connectivity index (χ4n) is 1.78. The van der Waals surface area contributed by atoms with Crippen molar-refractivity contribution in [1.82, 2.24) is 20.2 Å². The van der Waals surface area contributed by atoms with Crippen molar-refractivity contribution in [2.24, 2.45) is 0 Å². The number of halogens is 3. The average Bonchev–Trinajstić information content (AvgIpc) is 3.13. The highest BCUT2D eigenvalue weighted by Gasteiger charge is 2.12. The first-order valence-corrected chi connectivity index (χ1v) is 8.18. The van der Waals surface area contributed by atoms with E-state index in [1.165, 1.54) is 23.7 Å². The Labute approximate surface area is 143 Å². The fraction of sp³-hybridized carbons (Fsp3) is 0.308. The van der Waals surface area contributed by atoms with E-state index >= 15 is 0 Å². The number of carbonyl (C=O) groups excluding carboxylic acids is 2. The predicted molar refractivity (Wildman–Crippen MR) is 84.5 cm³/mol. The number of carbonyl (C=O) groups is 2. The van der Waals surface area contributed by atoms with Crippen molar-refractivity contribution in [3.8, 4) is 0 Å². The summed E-state index contributed by atoms with van der Waals surface area (Å²) in [6.07, 6.45) is 2.64. The third-order valence-electron chi connectivity index (χ3n) is 2.84. The summed E-state index contributed by atoms with van der Waals surface area (Å²) < 4.78 is 26.8. The van der Waals surface area contributed by atoms with Crippen LogP contribution in [0.25, 0.3) is 0 Å². The number of aromatic nitrogens is 2. The summed E-state index contributed by atoms with van der Waals surface area (Å²) in [6, 6.07) is 3.39. The number of rotatable bonds is 7. The van der Waals surface area contributed by atoms with Gasteiger partial charge in [0, 0.05) is 25.4 Å². The molecule has 6 nitrogen and oxygen atoms in total. The molecule has 0 aliphatic carbocycles. The standard InChI is InChI=1S/C13H13BrF2N4O2S/c14-9-2-1-8(23-9)12(22)19-7-11(21)18-4-3-10-17-5-6-20(10)13(15)16/h1-2,5-6,13H,3-4,7H2,(H,18,21)(H,19,22). The molecule has 0 aliphatic rings. The summed E-state index contributed by atoms with van der Waals surface area (Å²) in [6.45, 7) is -2.69. The van der Waals surface area contributed by atoms with Crippen molar-refractivity contribution in [3.05, 3.63) is 39.0 Å². The van der Waals surface area contributed by atoms with Crippen LogP contribution in [0.3, 0.4) is 0 Å². The predicted octanol–water partition coefficient (Wildman–Crippen LogP) is 2.19. The number of alkyl halides is 2. The third-order valence-corrected chi connectivity index (χ3v) is 4.46. The molecule has 2 aromatic heterocycles. The van der Waals surface area contributed by atoms with Gasteiger partial charge < -0.3 is 10.6 Å². The van der Waals surface area contributed by atoms with Gasteiger partial charge in [0.1, 0.15) is 5.82 Å². The van der Waals surface area contributed by atoms with E-state index in [0.29, 0.717) is 4.88 Å². The lowest BCUT2D eigenvalue weighted by atomic mass is 10.4. The van der Waals surface area contributed by atoms with E-state index in [1.54, 1.807) is 12.1 Å². The summed E-state index contributed by atoms with van der Waals surface area (Å²) in [5, 5.41) is 5.02. The van der Waals surface area contributed by atoms with E-state index in [4.69, 9.17) is 0 Å². The number of hydrogen-bond donors (Lipinski definition) is 2. The smallest absolute Gasteiger partial charge is 0.319 e. The molecular weight excluding hydrogens is 394 g/mol. The van der Waals surface area contributed by atoms with Gasteiger partial charge in [-0.25, -0.2) is 4.98 Å². The van der Waals surface area contributed by atoms with Gasteiger partial charge >= 0.3 is 6.55 Å². The van der Waals surface area contributed by atoms with Gasteiger partial charge in [-0.2, -0.15) is 8.78 Å². The Morgan fingerprint density at radius 2 is 2.13 bits per heavy atom. The second-order valence-corrected chi connectivity index (χ2v) is 6.88. The van der Waals surface area contributed by atoms with Crippen molar-refractivity contribution in [3.63, 3.8) is 0 Å². The summed E-state index contributed by atoms with van der Waals surface area (Å²) in [5.41, 5.74) is 0. The minimum Gasteiger partial charge on any atom is -0.354 e. The Bertz CT molecular complexity index is 689. The molecule has 0 bridgehead atoms. The van der Waals surface area contributed by atoms with Crippen LogP contribution in [0.2, 0.25) is 0 Å². The molecule has 2 N–H and O–H groups in total. The monoisotopic (exact) mass is 406 g/mol. The summed E-state index contributed by atoms with van der Waals surface area (Å²) in [7, 11) is 0. The van der Waals surface area contributed by atoms with Gasteiger partial charge in [-0.05, 0) is 28.1 Å². The van der Waals surface area contributed by atoms with Gasteiger partial charge in [-0.15, -0.1) is 11.3 Å². The number of nitrogens with zero attached hydrogens (tertiary/aromatic N) is 2. The SMILES string of the molecule is O=C(CNC(=O)c1ccc(Br)s1)NCCc1nccn1C(F)F. The van der Waals surface area contributed by atoms with Crippen molar-refractivity contribution in [1.29, 1.82) is 0 Å². The van der Waals surface area contributed by atoms with Gasteiger partial charge in [0.25, 0.3) is 5.91 Å². The number of hydrogen-bond acceptors (Lipinski definition) is 4. The van der Waals surface area contributed by atoms with Crippen molar-refractivity contribution in [2.75, 3.05) is 13.1 Å². The third kappa shape index (κ3) is 5.10. The molecule has 2 heterocycles. The quantitative estimate of drug-likeness (QED) is 0.739. The molecule has 0 unspecified atom stereocenters. The zero-order valence-electron chi connectivity index (χ0n) is 11.8. The Morgan fingerprint density at radius 1 is 1.35 bits per heavy atom. The maximum atomic E-state index is 12.6. The molecule has 0 atom stereocenters. The molecule has 2 aromatic rings. The average molecular weight is 407 g/mol. The molecule has 0 aromatic carbocycles. The number of imidazole rings is 1. The normalized spacial score (nSPS) is 10.8. The molecule has 0 saturated carbocycles. The van der Waals surface area contributed by atoms with Crippen molar-refractivity contribution in [2.45, 2.75) is 13.0 Å². The Hall–Kier alpha value is -1.81. The molecule has 124 valence electrons. The van der Waals surface area contributed by atoms with Crippen molar-refractivity contribution < 1.29 is 18.4 Å². The molecule has 0 saturated heterocycles. The van der Waals surface area contributed by atoms with E-state index in [1.807, 2.05) is 0 Å². The van der Waals surface area contributed by atoms with E-state index < -0.39 is 12.5 Å². The van der Waals surface area contributed by atoms with Crippen LogP contribution < -0.4 is 10.6 Å². The molecular formula is C13H13BrF2N4O2S. The highest BCUT2D eigenvalue weighted by Crippen LogP contribution is 2.21. The Balaban J connectivity index is 1.71. The number of amides is 2. The first-order chi connectivity index (χ1) is 11.0. The number of thiophene rings is 1. The summed E-state index contributed by atoms with van der Waals surface area (Å²) >= 11 is 4.51. The van der Waals surface area contributed by atoms with Crippen molar-refractivity contribution >= 4 is 39.1 Å². The summed E-state index contributed by atoms with van der Waals surface area (Å²) in [4.78, 5) is 27.7. The fourth-order valence-corrected chi connectivity index (χ4v) is 3.08. The highest BCUT2D eigenvalue weighted by molar-refractivity contribution is 9.11. The van der Waals surface area contributed by atoms with Crippen LogP contribution in [-0.2, 0) is 11.2 Å². The van der Waals surface area contributed by atoms with Crippen LogP contribution in [0.5, 0.6) is 0 Å². The van der Waals surface area contributed by atoms with E-state index in [2.05, 4.69) is 31.5 Å². The van der Waals surface area contributed by atoms with Gasteiger partial charge in [0.2, 0.25) is 5.91 Å². The summed E-state index contributed by atoms with van der Waals surface area (Å²) in [5.74, 6) is -0.555. The molecule has 0 spiro atoms. The topological polar surface area (TPSA) is 76.0 Å². The van der Waals surface area contributed by atoms with E-state index in [9.17, 15) is 18.4 Å². The van der Waals surface area contributed by atoms with E-state index in [-0.39, 0.29) is 31.2 Å². The molecule has 0 aliphatic heterocycles. The number of nitrogens with one attached hydrogen (secondary N) is 2. The molecule has 0 radical (unpaired) electrons. The van der Waals surface area contributed by atoms with Crippen LogP contribution in [0.15, 0.2) is 28.3 Å². The molecule has 2 amide bonds.